The van der Waals surface area contributed by atoms with Crippen molar-refractivity contribution >= 4 is 23.5 Å². The van der Waals surface area contributed by atoms with Gasteiger partial charge in [-0.2, -0.15) is 5.10 Å². The molecule has 3 fully saturated rings. The quantitative estimate of drug-likeness (QED) is 0.639. The first-order valence-electron chi connectivity index (χ1n) is 13.9. The van der Waals surface area contributed by atoms with Crippen LogP contribution in [0.15, 0.2) is 18.2 Å². The molecule has 202 valence electrons. The van der Waals surface area contributed by atoms with E-state index in [1.807, 2.05) is 9.80 Å². The summed E-state index contributed by atoms with van der Waals surface area (Å²) < 4.78 is 1.79. The molecule has 2 aromatic rings. The Morgan fingerprint density at radius 1 is 1.00 bits per heavy atom. The smallest absolute Gasteiger partial charge is 0.315 e. The molecule has 38 heavy (non-hydrogen) atoms. The van der Waals surface area contributed by atoms with Crippen LogP contribution in [0.1, 0.15) is 52.1 Å². The lowest BCUT2D eigenvalue weighted by atomic mass is 9.88. The second kappa shape index (κ2) is 9.63. The molecule has 0 saturated carbocycles. The lowest BCUT2D eigenvalue weighted by molar-refractivity contribution is -0.132. The van der Waals surface area contributed by atoms with Gasteiger partial charge in [0.2, 0.25) is 5.91 Å². The third kappa shape index (κ3) is 4.39. The predicted molar refractivity (Wildman–Crippen MR) is 143 cm³/mol. The van der Waals surface area contributed by atoms with Crippen molar-refractivity contribution in [3.8, 4) is 0 Å². The summed E-state index contributed by atoms with van der Waals surface area (Å²) in [7, 11) is 0. The highest BCUT2D eigenvalue weighted by molar-refractivity contribution is 5.94. The number of likely N-dealkylation sites (tertiary alicyclic amines) is 1. The van der Waals surface area contributed by atoms with Crippen LogP contribution in [-0.4, -0.2) is 88.8 Å². The van der Waals surface area contributed by atoms with E-state index in [0.29, 0.717) is 38.4 Å². The molecule has 1 aromatic heterocycles. The van der Waals surface area contributed by atoms with Gasteiger partial charge in [0.25, 0.3) is 5.91 Å². The van der Waals surface area contributed by atoms with E-state index < -0.39 is 0 Å². The van der Waals surface area contributed by atoms with E-state index >= 15 is 0 Å². The number of rotatable bonds is 4. The Bertz CT molecular complexity index is 1270. The summed E-state index contributed by atoms with van der Waals surface area (Å²) in [6.45, 7) is 9.24. The number of urea groups is 1. The molecule has 1 spiro atoms. The molecule has 0 unspecified atom stereocenters. The van der Waals surface area contributed by atoms with Gasteiger partial charge in [-0.1, -0.05) is 12.1 Å². The van der Waals surface area contributed by atoms with Crippen LogP contribution >= 0.6 is 0 Å². The maximum atomic E-state index is 13.5. The summed E-state index contributed by atoms with van der Waals surface area (Å²) in [5.74, 6) is 0.00910. The van der Waals surface area contributed by atoms with E-state index in [-0.39, 0.29) is 29.9 Å². The van der Waals surface area contributed by atoms with E-state index in [0.717, 1.165) is 56.5 Å². The van der Waals surface area contributed by atoms with Crippen LogP contribution in [0, 0.1) is 13.8 Å². The molecule has 0 radical (unpaired) electrons. The fraction of sp³-hybridized carbons (Fsp3) is 0.571. The van der Waals surface area contributed by atoms with Crippen LogP contribution < -0.4 is 15.5 Å². The molecule has 10 heteroatoms. The number of aryl methyl sites for hydroxylation is 1. The van der Waals surface area contributed by atoms with Gasteiger partial charge in [0, 0.05) is 62.8 Å². The summed E-state index contributed by atoms with van der Waals surface area (Å²) in [6, 6.07) is 6.26. The first-order chi connectivity index (χ1) is 18.3. The Labute approximate surface area is 223 Å². The highest BCUT2D eigenvalue weighted by atomic mass is 16.2. The molecule has 1 aromatic carbocycles. The molecule has 10 nitrogen and oxygen atoms in total. The van der Waals surface area contributed by atoms with Gasteiger partial charge in [0.15, 0.2) is 5.69 Å². The molecule has 2 N–H and O–H groups in total. The van der Waals surface area contributed by atoms with Gasteiger partial charge in [-0.3, -0.25) is 14.3 Å². The Morgan fingerprint density at radius 2 is 1.76 bits per heavy atom. The number of nitrogens with one attached hydrogen (secondary N) is 2. The van der Waals surface area contributed by atoms with Gasteiger partial charge >= 0.3 is 6.03 Å². The van der Waals surface area contributed by atoms with Gasteiger partial charge < -0.3 is 25.3 Å². The summed E-state index contributed by atoms with van der Waals surface area (Å²) in [4.78, 5) is 44.6. The number of piperidine rings is 1. The van der Waals surface area contributed by atoms with Gasteiger partial charge in [-0.15, -0.1) is 0 Å². The molecule has 4 amide bonds. The number of hydrogen-bond donors (Lipinski definition) is 2. The molecule has 6 rings (SSSR count). The van der Waals surface area contributed by atoms with E-state index in [1.165, 1.54) is 16.8 Å². The number of fused-ring (bicyclic) bond motifs is 1. The van der Waals surface area contributed by atoms with Gasteiger partial charge in [0.05, 0.1) is 5.54 Å². The maximum absolute atomic E-state index is 13.5. The summed E-state index contributed by atoms with van der Waals surface area (Å²) in [5, 5.41) is 10.6. The summed E-state index contributed by atoms with van der Waals surface area (Å²) >= 11 is 0. The predicted octanol–water partition coefficient (Wildman–Crippen LogP) is 1.63. The number of anilines is 1. The Kier molecular flexibility index (Phi) is 6.28. The standard InChI is InChI=1S/C28H37N7O3/c1-19-5-3-7-22(20(19)2)32-13-15-33(16-14-32)24(36)17-35-23-8-4-6-21(23)25(31-35)26(37)34-11-9-28(10-12-34)18-29-27(38)30-28/h3,5,7H,4,6,8-18H2,1-2H3,(H2,29,30,38). The van der Waals surface area contributed by atoms with E-state index in [4.69, 9.17) is 5.10 Å². The highest BCUT2D eigenvalue weighted by Crippen LogP contribution is 2.30. The van der Waals surface area contributed by atoms with Crippen molar-refractivity contribution in [2.24, 2.45) is 0 Å². The van der Waals surface area contributed by atoms with Gasteiger partial charge in [0.1, 0.15) is 6.54 Å². The van der Waals surface area contributed by atoms with Crippen LogP contribution in [-0.2, 0) is 24.2 Å². The molecule has 3 aliphatic heterocycles. The minimum atomic E-state index is -0.246. The molecule has 4 heterocycles. The minimum Gasteiger partial charge on any atom is -0.368 e. The number of hydrogen-bond acceptors (Lipinski definition) is 5. The Balaban J connectivity index is 1.10. The summed E-state index contributed by atoms with van der Waals surface area (Å²) in [6.07, 6.45) is 4.12. The fourth-order valence-corrected chi connectivity index (χ4v) is 6.48. The summed E-state index contributed by atoms with van der Waals surface area (Å²) in [5.41, 5.74) is 6.14. The minimum absolute atomic E-state index is 0.0522. The number of benzene rings is 1. The topological polar surface area (TPSA) is 103 Å². The number of carbonyl (C=O) groups is 3. The molecule has 4 aliphatic rings. The zero-order valence-corrected chi connectivity index (χ0v) is 22.4. The number of aromatic nitrogens is 2. The molecule has 3 saturated heterocycles. The van der Waals surface area contributed by atoms with Crippen LogP contribution in [0.3, 0.4) is 0 Å². The van der Waals surface area contributed by atoms with Crippen LogP contribution in [0.2, 0.25) is 0 Å². The first-order valence-corrected chi connectivity index (χ1v) is 13.9. The number of piperazine rings is 1. The normalized spacial score (nSPS) is 20.5. The van der Waals surface area contributed by atoms with Crippen LogP contribution in [0.5, 0.6) is 0 Å². The first kappa shape index (κ1) is 24.8. The van der Waals surface area contributed by atoms with Crippen molar-refractivity contribution in [1.29, 1.82) is 0 Å². The second-order valence-electron chi connectivity index (χ2n) is 11.3. The number of amides is 4. The van der Waals surface area contributed by atoms with Crippen molar-refractivity contribution in [3.05, 3.63) is 46.3 Å². The Morgan fingerprint density at radius 3 is 2.47 bits per heavy atom. The van der Waals surface area contributed by atoms with Crippen LogP contribution in [0.4, 0.5) is 10.5 Å². The van der Waals surface area contributed by atoms with Crippen molar-refractivity contribution in [1.82, 2.24) is 30.2 Å². The van der Waals surface area contributed by atoms with Crippen molar-refractivity contribution in [3.63, 3.8) is 0 Å². The van der Waals surface area contributed by atoms with Crippen molar-refractivity contribution < 1.29 is 14.4 Å². The highest BCUT2D eigenvalue weighted by Gasteiger charge is 2.42. The maximum Gasteiger partial charge on any atom is 0.315 e. The molecular weight excluding hydrogens is 482 g/mol. The molecule has 0 bridgehead atoms. The third-order valence-electron chi connectivity index (χ3n) is 9.02. The number of carbonyl (C=O) groups excluding carboxylic acids is 3. The average Bonchev–Trinajstić information content (AvgIpc) is 3.63. The number of nitrogens with zero attached hydrogens (tertiary/aromatic N) is 5. The average molecular weight is 520 g/mol. The van der Waals surface area contributed by atoms with Crippen molar-refractivity contribution in [2.45, 2.75) is 58.0 Å². The van der Waals surface area contributed by atoms with Gasteiger partial charge in [-0.05, 0) is 63.1 Å². The SMILES string of the molecule is Cc1cccc(N2CCN(C(=O)Cn3nc(C(=O)N4CCC5(CC4)CNC(=O)N5)c4c3CCC4)CC2)c1C. The molecule has 1 aliphatic carbocycles. The largest absolute Gasteiger partial charge is 0.368 e. The van der Waals surface area contributed by atoms with Gasteiger partial charge in [-0.25, -0.2) is 4.79 Å². The second-order valence-corrected chi connectivity index (χ2v) is 11.3. The molecular formula is C28H37N7O3. The Hall–Kier alpha value is -3.56. The van der Waals surface area contributed by atoms with Crippen LogP contribution in [0.25, 0.3) is 0 Å². The lowest BCUT2D eigenvalue weighted by Gasteiger charge is -2.38. The van der Waals surface area contributed by atoms with Crippen molar-refractivity contribution in [2.75, 3.05) is 50.7 Å². The zero-order chi connectivity index (χ0) is 26.4. The van der Waals surface area contributed by atoms with E-state index in [9.17, 15) is 14.4 Å². The third-order valence-corrected chi connectivity index (χ3v) is 9.02. The van der Waals surface area contributed by atoms with E-state index in [2.05, 4.69) is 47.6 Å². The monoisotopic (exact) mass is 519 g/mol. The molecule has 0 atom stereocenters. The lowest BCUT2D eigenvalue weighted by Crippen LogP contribution is -2.53. The van der Waals surface area contributed by atoms with E-state index in [1.54, 1.807) is 4.68 Å². The zero-order valence-electron chi connectivity index (χ0n) is 22.4. The fourth-order valence-electron chi connectivity index (χ4n) is 6.48.